The molecule has 1 amide bonds. The number of rotatable bonds is 9. The number of carbonyl (C=O) groups is 2. The van der Waals surface area contributed by atoms with E-state index >= 15 is 0 Å². The number of thiazole rings is 1. The molecule has 3 aromatic heterocycles. The van der Waals surface area contributed by atoms with Crippen molar-refractivity contribution in [2.45, 2.75) is 39.5 Å². The number of alkyl halides is 3. The SMILES string of the molecule is CC(Cc1cnc(NC(=O)c2nc(Sc3nncn3C)ccc2Sc2ccc(C(F)(F)F)cc2)s1)C(=O)O. The summed E-state index contributed by atoms with van der Waals surface area (Å²) in [6, 6.07) is 7.94. The highest BCUT2D eigenvalue weighted by atomic mass is 32.2. The number of aliphatic carboxylic acids is 1. The fourth-order valence-electron chi connectivity index (χ4n) is 3.03. The quantitative estimate of drug-likeness (QED) is 0.264. The third-order valence-corrected chi connectivity index (χ3v) is 8.01. The number of nitrogens with zero attached hydrogens (tertiary/aromatic N) is 5. The third-order valence-electron chi connectivity index (χ3n) is 5.03. The predicted octanol–water partition coefficient (Wildman–Crippen LogP) is 5.50. The number of halogens is 3. The number of pyridine rings is 1. The summed E-state index contributed by atoms with van der Waals surface area (Å²) in [4.78, 5) is 34.6. The van der Waals surface area contributed by atoms with Crippen LogP contribution in [0.15, 0.2) is 68.9 Å². The summed E-state index contributed by atoms with van der Waals surface area (Å²) < 4.78 is 40.5. The molecule has 1 unspecified atom stereocenters. The molecule has 0 saturated carbocycles. The van der Waals surface area contributed by atoms with Gasteiger partial charge in [-0.25, -0.2) is 9.97 Å². The van der Waals surface area contributed by atoms with Crippen LogP contribution in [0.3, 0.4) is 0 Å². The largest absolute Gasteiger partial charge is 0.481 e. The molecule has 1 atom stereocenters. The average molecular weight is 581 g/mol. The maximum Gasteiger partial charge on any atom is 0.416 e. The number of anilines is 1. The van der Waals surface area contributed by atoms with Crippen molar-refractivity contribution in [3.05, 3.63) is 65.1 Å². The number of amides is 1. The highest BCUT2D eigenvalue weighted by Gasteiger charge is 2.30. The van der Waals surface area contributed by atoms with Crippen molar-refractivity contribution in [2.75, 3.05) is 5.32 Å². The zero-order valence-corrected chi connectivity index (χ0v) is 22.2. The molecule has 0 fully saturated rings. The Morgan fingerprint density at radius 3 is 2.53 bits per heavy atom. The van der Waals surface area contributed by atoms with E-state index in [1.165, 1.54) is 36.4 Å². The van der Waals surface area contributed by atoms with Crippen LogP contribution in [0.5, 0.6) is 0 Å². The average Bonchev–Trinajstić information content (AvgIpc) is 3.47. The molecule has 0 aliphatic carbocycles. The van der Waals surface area contributed by atoms with Gasteiger partial charge in [-0.05, 0) is 54.6 Å². The summed E-state index contributed by atoms with van der Waals surface area (Å²) >= 11 is 3.43. The molecular formula is C23H19F3N6O3S3. The second-order valence-electron chi connectivity index (χ2n) is 7.98. The van der Waals surface area contributed by atoms with Gasteiger partial charge in [0.25, 0.3) is 5.91 Å². The summed E-state index contributed by atoms with van der Waals surface area (Å²) in [5, 5.41) is 20.9. The Morgan fingerprint density at radius 2 is 1.89 bits per heavy atom. The van der Waals surface area contributed by atoms with Gasteiger partial charge in [0.05, 0.1) is 11.5 Å². The van der Waals surface area contributed by atoms with Crippen LogP contribution in [0, 0.1) is 5.92 Å². The lowest BCUT2D eigenvalue weighted by Crippen LogP contribution is -2.15. The van der Waals surface area contributed by atoms with Crippen LogP contribution < -0.4 is 5.32 Å². The smallest absolute Gasteiger partial charge is 0.416 e. The van der Waals surface area contributed by atoms with Gasteiger partial charge in [-0.2, -0.15) is 13.2 Å². The zero-order valence-electron chi connectivity index (χ0n) is 19.8. The second-order valence-corrected chi connectivity index (χ2v) is 11.2. The minimum atomic E-state index is -4.46. The number of hydrogen-bond donors (Lipinski definition) is 2. The van der Waals surface area contributed by atoms with E-state index in [0.29, 0.717) is 24.9 Å². The highest BCUT2D eigenvalue weighted by Crippen LogP contribution is 2.36. The lowest BCUT2D eigenvalue weighted by molar-refractivity contribution is -0.141. The molecule has 3 heterocycles. The molecule has 4 rings (SSSR count). The minimum absolute atomic E-state index is 0.0396. The first kappa shape index (κ1) is 27.6. The number of carboxylic acid groups (broad SMARTS) is 1. The van der Waals surface area contributed by atoms with Crippen LogP contribution in [-0.2, 0) is 24.4 Å². The van der Waals surface area contributed by atoms with Crippen molar-refractivity contribution in [3.8, 4) is 0 Å². The first-order valence-corrected chi connectivity index (χ1v) is 13.3. The molecule has 0 spiro atoms. The molecule has 198 valence electrons. The molecule has 15 heteroatoms. The Labute approximate surface area is 226 Å². The van der Waals surface area contributed by atoms with Crippen molar-refractivity contribution in [3.63, 3.8) is 0 Å². The van der Waals surface area contributed by atoms with Gasteiger partial charge < -0.3 is 9.67 Å². The predicted molar refractivity (Wildman–Crippen MR) is 136 cm³/mol. The van der Waals surface area contributed by atoms with E-state index in [1.54, 1.807) is 30.7 Å². The monoisotopic (exact) mass is 580 g/mol. The Balaban J connectivity index is 1.60. The van der Waals surface area contributed by atoms with Crippen molar-refractivity contribution in [1.29, 1.82) is 0 Å². The van der Waals surface area contributed by atoms with E-state index in [2.05, 4.69) is 25.5 Å². The minimum Gasteiger partial charge on any atom is -0.481 e. The number of nitrogens with one attached hydrogen (secondary N) is 1. The summed E-state index contributed by atoms with van der Waals surface area (Å²) in [6.07, 6.45) is -1.16. The molecule has 38 heavy (non-hydrogen) atoms. The molecule has 1 aromatic carbocycles. The van der Waals surface area contributed by atoms with Gasteiger partial charge >= 0.3 is 12.1 Å². The normalized spacial score (nSPS) is 12.3. The van der Waals surface area contributed by atoms with E-state index < -0.39 is 29.5 Å². The number of benzene rings is 1. The molecule has 9 nitrogen and oxygen atoms in total. The number of carbonyl (C=O) groups excluding carboxylic acids is 1. The fourth-order valence-corrected chi connectivity index (χ4v) is 5.61. The van der Waals surface area contributed by atoms with Crippen LogP contribution >= 0.6 is 34.9 Å². The first-order chi connectivity index (χ1) is 18.0. The number of hydrogen-bond acceptors (Lipinski definition) is 9. The third kappa shape index (κ3) is 6.90. The van der Waals surface area contributed by atoms with Gasteiger partial charge in [0, 0.05) is 27.9 Å². The Hall–Kier alpha value is -3.43. The summed E-state index contributed by atoms with van der Waals surface area (Å²) in [6.45, 7) is 1.58. The lowest BCUT2D eigenvalue weighted by Gasteiger charge is -2.11. The maximum absolute atomic E-state index is 13.3. The van der Waals surface area contributed by atoms with Gasteiger partial charge in [0.15, 0.2) is 10.3 Å². The number of carboxylic acids is 1. The van der Waals surface area contributed by atoms with Crippen LogP contribution in [-0.4, -0.2) is 41.7 Å². The Kier molecular flexibility index (Phi) is 8.38. The molecule has 0 aliphatic rings. The van der Waals surface area contributed by atoms with Gasteiger partial charge in [-0.3, -0.25) is 14.9 Å². The molecule has 0 radical (unpaired) electrons. The van der Waals surface area contributed by atoms with Gasteiger partial charge in [0.2, 0.25) is 0 Å². The number of aryl methyl sites for hydroxylation is 1. The van der Waals surface area contributed by atoms with Crippen molar-refractivity contribution in [2.24, 2.45) is 13.0 Å². The summed E-state index contributed by atoms with van der Waals surface area (Å²) in [5.74, 6) is -2.12. The lowest BCUT2D eigenvalue weighted by atomic mass is 10.1. The van der Waals surface area contributed by atoms with Gasteiger partial charge in [-0.15, -0.1) is 21.5 Å². The standard InChI is InChI=1S/C23H19F3N6O3S3/c1-12(20(34)35)9-15-10-27-21(37-15)30-19(33)18-16(36-14-5-3-13(4-6-14)23(24,25)26)7-8-17(29-18)38-22-31-28-11-32(22)2/h3-8,10-12H,9H2,1-2H3,(H,34,35)(H,27,30,33). The second kappa shape index (κ2) is 11.5. The fraction of sp³-hybridized carbons (Fsp3) is 0.217. The van der Waals surface area contributed by atoms with Gasteiger partial charge in [-0.1, -0.05) is 18.7 Å². The van der Waals surface area contributed by atoms with E-state index in [-0.39, 0.29) is 17.2 Å². The van der Waals surface area contributed by atoms with Crippen molar-refractivity contribution in [1.82, 2.24) is 24.7 Å². The van der Waals surface area contributed by atoms with Crippen LogP contribution in [0.2, 0.25) is 0 Å². The van der Waals surface area contributed by atoms with E-state index in [9.17, 15) is 22.8 Å². The van der Waals surface area contributed by atoms with Crippen molar-refractivity contribution >= 4 is 51.9 Å². The number of aromatic nitrogens is 5. The maximum atomic E-state index is 13.3. The van der Waals surface area contributed by atoms with Crippen LogP contribution in [0.1, 0.15) is 27.9 Å². The molecule has 0 aliphatic heterocycles. The van der Waals surface area contributed by atoms with Crippen LogP contribution in [0.4, 0.5) is 18.3 Å². The zero-order chi connectivity index (χ0) is 27.4. The van der Waals surface area contributed by atoms with Gasteiger partial charge in [0.1, 0.15) is 17.0 Å². The molecule has 4 aromatic rings. The highest BCUT2D eigenvalue weighted by molar-refractivity contribution is 7.99. The summed E-state index contributed by atoms with van der Waals surface area (Å²) in [7, 11) is 1.76. The molecule has 0 bridgehead atoms. The Morgan fingerprint density at radius 1 is 1.16 bits per heavy atom. The summed E-state index contributed by atoms with van der Waals surface area (Å²) in [5.41, 5.74) is -0.733. The van der Waals surface area contributed by atoms with Crippen LogP contribution in [0.25, 0.3) is 0 Å². The van der Waals surface area contributed by atoms with Crippen molar-refractivity contribution < 1.29 is 27.9 Å². The topological polar surface area (TPSA) is 123 Å². The van der Waals surface area contributed by atoms with E-state index in [0.717, 1.165) is 35.2 Å². The molecule has 0 saturated heterocycles. The molecule has 2 N–H and O–H groups in total. The Bertz CT molecular complexity index is 1460. The first-order valence-electron chi connectivity index (χ1n) is 10.9. The van der Waals surface area contributed by atoms with E-state index in [1.807, 2.05) is 0 Å². The van der Waals surface area contributed by atoms with E-state index in [4.69, 9.17) is 5.11 Å². The molecular weight excluding hydrogens is 561 g/mol.